The van der Waals surface area contributed by atoms with Crippen molar-refractivity contribution in [2.75, 3.05) is 6.54 Å². The summed E-state index contributed by atoms with van der Waals surface area (Å²) in [5.74, 6) is 2.01. The molecule has 1 aromatic heterocycles. The molecule has 0 amide bonds. The minimum absolute atomic E-state index is 0.404. The second-order valence-corrected chi connectivity index (χ2v) is 6.30. The zero-order chi connectivity index (χ0) is 14.8. The van der Waals surface area contributed by atoms with E-state index in [-0.39, 0.29) is 0 Å². The second-order valence-electron chi connectivity index (χ2n) is 6.30. The number of benzene rings is 1. The van der Waals surface area contributed by atoms with Crippen molar-refractivity contribution in [3.8, 4) is 0 Å². The molecule has 2 aromatic rings. The van der Waals surface area contributed by atoms with Crippen LogP contribution in [0, 0.1) is 13.8 Å². The van der Waals surface area contributed by atoms with E-state index in [1.165, 1.54) is 16.7 Å². The first-order chi connectivity index (χ1) is 10.1. The lowest BCUT2D eigenvalue weighted by Crippen LogP contribution is -2.34. The molecule has 1 aromatic carbocycles. The monoisotopic (exact) mass is 285 g/mol. The van der Waals surface area contributed by atoms with Gasteiger partial charge in [-0.25, -0.2) is 0 Å². The van der Waals surface area contributed by atoms with E-state index in [0.717, 1.165) is 37.5 Å². The van der Waals surface area contributed by atoms with Crippen LogP contribution in [0.5, 0.6) is 0 Å². The topological polar surface area (TPSA) is 51.0 Å². The normalized spacial score (nSPS) is 22.4. The van der Waals surface area contributed by atoms with Crippen molar-refractivity contribution < 1.29 is 4.52 Å². The van der Waals surface area contributed by atoms with Gasteiger partial charge in [0.2, 0.25) is 5.89 Å². The predicted octanol–water partition coefficient (Wildman–Crippen LogP) is 3.13. The molecule has 2 unspecified atom stereocenters. The molecule has 2 atom stereocenters. The number of piperidine rings is 1. The number of rotatable bonds is 3. The van der Waals surface area contributed by atoms with E-state index < -0.39 is 0 Å². The zero-order valence-corrected chi connectivity index (χ0v) is 13.0. The fraction of sp³-hybridized carbons (Fsp3) is 0.529. The molecule has 1 fully saturated rings. The quantitative estimate of drug-likeness (QED) is 0.941. The van der Waals surface area contributed by atoms with Crippen molar-refractivity contribution in [3.05, 3.63) is 46.6 Å². The predicted molar refractivity (Wildman–Crippen MR) is 82.5 cm³/mol. The summed E-state index contributed by atoms with van der Waals surface area (Å²) in [6, 6.07) is 7.09. The average molecular weight is 285 g/mol. The Bertz CT molecular complexity index is 600. The zero-order valence-electron chi connectivity index (χ0n) is 13.0. The average Bonchev–Trinajstić information content (AvgIpc) is 2.86. The van der Waals surface area contributed by atoms with E-state index in [0.29, 0.717) is 12.0 Å². The maximum Gasteiger partial charge on any atom is 0.229 e. The minimum atomic E-state index is 0.404. The van der Waals surface area contributed by atoms with Crippen molar-refractivity contribution >= 4 is 0 Å². The molecular formula is C17H23N3O. The number of aromatic nitrogens is 2. The Labute approximate surface area is 126 Å². The Hall–Kier alpha value is -1.68. The van der Waals surface area contributed by atoms with E-state index in [1.54, 1.807) is 0 Å². The third-order valence-corrected chi connectivity index (χ3v) is 4.10. The largest absolute Gasteiger partial charge is 0.339 e. The molecule has 4 heteroatoms. The van der Waals surface area contributed by atoms with Gasteiger partial charge in [0.25, 0.3) is 0 Å². The number of hydrogen-bond acceptors (Lipinski definition) is 4. The van der Waals surface area contributed by atoms with Gasteiger partial charge < -0.3 is 9.84 Å². The first-order valence-electron chi connectivity index (χ1n) is 7.73. The van der Waals surface area contributed by atoms with Crippen molar-refractivity contribution in [2.24, 2.45) is 0 Å². The number of hydrogen-bond donors (Lipinski definition) is 1. The summed E-state index contributed by atoms with van der Waals surface area (Å²) in [6.07, 6.45) is 2.90. The van der Waals surface area contributed by atoms with E-state index in [2.05, 4.69) is 54.4 Å². The van der Waals surface area contributed by atoms with Crippen LogP contribution in [0.15, 0.2) is 22.7 Å². The molecule has 1 N–H and O–H groups in total. The van der Waals surface area contributed by atoms with Crippen LogP contribution < -0.4 is 5.32 Å². The summed E-state index contributed by atoms with van der Waals surface area (Å²) in [5.41, 5.74) is 3.81. The molecule has 0 bridgehead atoms. The molecule has 1 aliphatic heterocycles. The standard InChI is InChI=1S/C17H23N3O/c1-11-6-12(2)8-14(7-11)10-16-19-17(21-20-16)15-4-5-18-13(3)9-15/h6-8,13,15,18H,4-5,9-10H2,1-3H3. The molecular weight excluding hydrogens is 262 g/mol. The highest BCUT2D eigenvalue weighted by Gasteiger charge is 2.24. The summed E-state index contributed by atoms with van der Waals surface area (Å²) in [7, 11) is 0. The Morgan fingerprint density at radius 2 is 2.00 bits per heavy atom. The van der Waals surface area contributed by atoms with Gasteiger partial charge in [-0.3, -0.25) is 0 Å². The van der Waals surface area contributed by atoms with Crippen LogP contribution in [0.1, 0.15) is 54.1 Å². The Morgan fingerprint density at radius 1 is 1.24 bits per heavy atom. The van der Waals surface area contributed by atoms with Crippen molar-refractivity contribution in [1.29, 1.82) is 0 Å². The lowest BCUT2D eigenvalue weighted by atomic mass is 9.93. The summed E-state index contributed by atoms with van der Waals surface area (Å²) >= 11 is 0. The maximum absolute atomic E-state index is 5.50. The molecule has 21 heavy (non-hydrogen) atoms. The molecule has 1 aliphatic rings. The second kappa shape index (κ2) is 5.98. The number of nitrogens with one attached hydrogen (secondary N) is 1. The minimum Gasteiger partial charge on any atom is -0.339 e. The molecule has 4 nitrogen and oxygen atoms in total. The van der Waals surface area contributed by atoms with E-state index in [4.69, 9.17) is 4.52 Å². The summed E-state index contributed by atoms with van der Waals surface area (Å²) < 4.78 is 5.50. The van der Waals surface area contributed by atoms with E-state index in [9.17, 15) is 0 Å². The van der Waals surface area contributed by atoms with Gasteiger partial charge in [-0.05, 0) is 45.7 Å². The van der Waals surface area contributed by atoms with Gasteiger partial charge in [-0.15, -0.1) is 0 Å². The van der Waals surface area contributed by atoms with Crippen LogP contribution in [-0.4, -0.2) is 22.7 Å². The number of nitrogens with zero attached hydrogens (tertiary/aromatic N) is 2. The summed E-state index contributed by atoms with van der Waals surface area (Å²) in [6.45, 7) is 7.47. The Balaban J connectivity index is 1.72. The van der Waals surface area contributed by atoms with Crippen LogP contribution >= 0.6 is 0 Å². The van der Waals surface area contributed by atoms with Gasteiger partial charge in [0.1, 0.15) is 0 Å². The van der Waals surface area contributed by atoms with Gasteiger partial charge in [-0.1, -0.05) is 34.5 Å². The smallest absolute Gasteiger partial charge is 0.229 e. The van der Waals surface area contributed by atoms with Crippen molar-refractivity contribution in [1.82, 2.24) is 15.5 Å². The molecule has 2 heterocycles. The highest BCUT2D eigenvalue weighted by atomic mass is 16.5. The molecule has 3 rings (SSSR count). The van der Waals surface area contributed by atoms with Gasteiger partial charge in [-0.2, -0.15) is 4.98 Å². The molecule has 0 saturated carbocycles. The molecule has 0 radical (unpaired) electrons. The Kier molecular flexibility index (Phi) is 4.06. The van der Waals surface area contributed by atoms with Gasteiger partial charge >= 0.3 is 0 Å². The fourth-order valence-electron chi connectivity index (χ4n) is 3.21. The molecule has 1 saturated heterocycles. The highest BCUT2D eigenvalue weighted by molar-refractivity contribution is 5.30. The maximum atomic E-state index is 5.50. The lowest BCUT2D eigenvalue weighted by molar-refractivity contribution is 0.294. The summed E-state index contributed by atoms with van der Waals surface area (Å²) in [4.78, 5) is 4.62. The van der Waals surface area contributed by atoms with E-state index >= 15 is 0 Å². The van der Waals surface area contributed by atoms with Gasteiger partial charge in [0.05, 0.1) is 0 Å². The van der Waals surface area contributed by atoms with Crippen LogP contribution in [0.2, 0.25) is 0 Å². The van der Waals surface area contributed by atoms with Crippen LogP contribution in [0.3, 0.4) is 0 Å². The third-order valence-electron chi connectivity index (χ3n) is 4.10. The van der Waals surface area contributed by atoms with Crippen LogP contribution in [-0.2, 0) is 6.42 Å². The van der Waals surface area contributed by atoms with Crippen LogP contribution in [0.25, 0.3) is 0 Å². The van der Waals surface area contributed by atoms with E-state index in [1.807, 2.05) is 0 Å². The molecule has 0 spiro atoms. The summed E-state index contributed by atoms with van der Waals surface area (Å²) in [5, 5.41) is 7.62. The number of aryl methyl sites for hydroxylation is 2. The first-order valence-corrected chi connectivity index (χ1v) is 7.73. The fourth-order valence-corrected chi connectivity index (χ4v) is 3.21. The van der Waals surface area contributed by atoms with Crippen LogP contribution in [0.4, 0.5) is 0 Å². The molecule has 112 valence electrons. The van der Waals surface area contributed by atoms with Crippen molar-refractivity contribution in [3.63, 3.8) is 0 Å². The third kappa shape index (κ3) is 3.50. The Morgan fingerprint density at radius 3 is 2.71 bits per heavy atom. The lowest BCUT2D eigenvalue weighted by Gasteiger charge is -2.25. The van der Waals surface area contributed by atoms with Crippen molar-refractivity contribution in [2.45, 2.75) is 52.0 Å². The van der Waals surface area contributed by atoms with Gasteiger partial charge in [0.15, 0.2) is 5.82 Å². The van der Waals surface area contributed by atoms with Gasteiger partial charge in [0, 0.05) is 18.4 Å². The molecule has 0 aliphatic carbocycles. The first kappa shape index (κ1) is 14.3. The SMILES string of the molecule is Cc1cc(C)cc(Cc2noc(C3CCNC(C)C3)n2)c1. The highest BCUT2D eigenvalue weighted by Crippen LogP contribution is 2.26.